The molecule has 4 nitrogen and oxygen atoms in total. The number of carbonyl (C=O) groups excluding carboxylic acids is 2. The molecule has 1 N–H and O–H groups in total. The first-order valence-corrected chi connectivity index (χ1v) is 12.6. The Balaban J connectivity index is 1.60. The first-order chi connectivity index (χ1) is 14.2. The van der Waals surface area contributed by atoms with Crippen molar-refractivity contribution in [2.24, 2.45) is 40.4 Å². The first-order valence-electron chi connectivity index (χ1n) is 12.6. The number of esters is 1. The van der Waals surface area contributed by atoms with Gasteiger partial charge in [-0.2, -0.15) is 0 Å². The summed E-state index contributed by atoms with van der Waals surface area (Å²) in [6.07, 6.45) is 10.1. The maximum atomic E-state index is 12.6. The van der Waals surface area contributed by atoms with Crippen molar-refractivity contribution in [2.45, 2.75) is 111 Å². The van der Waals surface area contributed by atoms with Gasteiger partial charge < -0.3 is 9.84 Å². The van der Waals surface area contributed by atoms with E-state index in [-0.39, 0.29) is 34.9 Å². The number of aliphatic hydroxyl groups is 1. The van der Waals surface area contributed by atoms with E-state index in [0.717, 1.165) is 44.9 Å². The van der Waals surface area contributed by atoms with Crippen LogP contribution in [0.4, 0.5) is 0 Å². The Hall–Kier alpha value is -0.900. The Morgan fingerprint density at radius 1 is 1.03 bits per heavy atom. The quantitative estimate of drug-likeness (QED) is 0.615. The number of unbranched alkanes of at least 4 members (excludes halogenated alkanes) is 1. The zero-order valence-electron chi connectivity index (χ0n) is 19.5. The summed E-state index contributed by atoms with van der Waals surface area (Å²) in [6, 6.07) is 0. The van der Waals surface area contributed by atoms with Crippen LogP contribution in [-0.4, -0.2) is 29.1 Å². The van der Waals surface area contributed by atoms with Gasteiger partial charge in [-0.25, -0.2) is 0 Å². The SMILES string of the molecule is CCCCC(=O)OC1C[C@@H](O)C[C@@H]2CC[C@@H]3[C@@H]4CC[C@H](C(C)=O)[C@@]4(C)CC[C@@H]3[C@@]12C. The Morgan fingerprint density at radius 2 is 1.80 bits per heavy atom. The highest BCUT2D eigenvalue weighted by atomic mass is 16.5. The molecule has 4 fully saturated rings. The van der Waals surface area contributed by atoms with Gasteiger partial charge in [0.2, 0.25) is 0 Å². The van der Waals surface area contributed by atoms with E-state index >= 15 is 0 Å². The van der Waals surface area contributed by atoms with Gasteiger partial charge in [0, 0.05) is 24.2 Å². The monoisotopic (exact) mass is 418 g/mol. The zero-order valence-corrected chi connectivity index (χ0v) is 19.5. The molecule has 0 aromatic carbocycles. The lowest BCUT2D eigenvalue weighted by atomic mass is 9.44. The summed E-state index contributed by atoms with van der Waals surface area (Å²) in [5, 5.41) is 10.6. The number of carbonyl (C=O) groups is 2. The van der Waals surface area contributed by atoms with Crippen molar-refractivity contribution in [2.75, 3.05) is 0 Å². The van der Waals surface area contributed by atoms with Crippen LogP contribution in [0.1, 0.15) is 98.3 Å². The average Bonchev–Trinajstić information content (AvgIpc) is 3.05. The molecule has 0 radical (unpaired) electrons. The molecular formula is C26H42O4. The van der Waals surface area contributed by atoms with Crippen LogP contribution in [0.3, 0.4) is 0 Å². The summed E-state index contributed by atoms with van der Waals surface area (Å²) < 4.78 is 6.13. The van der Waals surface area contributed by atoms with Gasteiger partial charge >= 0.3 is 5.97 Å². The second-order valence-electron chi connectivity index (χ2n) is 11.5. The number of ketones is 1. The van der Waals surface area contributed by atoms with Crippen LogP contribution in [0.25, 0.3) is 0 Å². The molecule has 4 aliphatic carbocycles. The standard InChI is InChI=1S/C26H42O4/c1-5-6-7-24(29)30-23-15-18(28)14-17-8-9-19-21-11-10-20(16(2)27)25(21,3)13-12-22(19)26(17,23)4/h17-23,28H,5-15H2,1-4H3/t17-,18-,19+,20+,21-,22-,23?,25+,26-/m0/s1. The van der Waals surface area contributed by atoms with Crippen molar-refractivity contribution >= 4 is 11.8 Å². The number of ether oxygens (including phenoxy) is 1. The van der Waals surface area contributed by atoms with Crippen molar-refractivity contribution in [3.63, 3.8) is 0 Å². The predicted octanol–water partition coefficient (Wildman–Crippen LogP) is 5.31. The minimum absolute atomic E-state index is 0.0420. The van der Waals surface area contributed by atoms with E-state index in [2.05, 4.69) is 20.8 Å². The molecule has 0 bridgehead atoms. The Morgan fingerprint density at radius 3 is 2.50 bits per heavy atom. The van der Waals surface area contributed by atoms with Gasteiger partial charge in [-0.1, -0.05) is 27.2 Å². The fourth-order valence-electron chi connectivity index (χ4n) is 8.65. The smallest absolute Gasteiger partial charge is 0.306 e. The molecule has 0 amide bonds. The van der Waals surface area contributed by atoms with E-state index in [1.165, 1.54) is 12.8 Å². The van der Waals surface area contributed by atoms with Gasteiger partial charge in [-0.05, 0) is 87.4 Å². The van der Waals surface area contributed by atoms with Crippen LogP contribution in [0, 0.1) is 40.4 Å². The summed E-state index contributed by atoms with van der Waals surface area (Å²) in [4.78, 5) is 24.9. The number of hydrogen-bond donors (Lipinski definition) is 1. The van der Waals surface area contributed by atoms with E-state index in [1.54, 1.807) is 6.92 Å². The minimum Gasteiger partial charge on any atom is -0.462 e. The van der Waals surface area contributed by atoms with Crippen molar-refractivity contribution in [3.8, 4) is 0 Å². The first kappa shape index (κ1) is 22.3. The molecular weight excluding hydrogens is 376 g/mol. The van der Waals surface area contributed by atoms with Crippen LogP contribution in [0.15, 0.2) is 0 Å². The fraction of sp³-hybridized carbons (Fsp3) is 0.923. The maximum Gasteiger partial charge on any atom is 0.306 e. The van der Waals surface area contributed by atoms with E-state index in [9.17, 15) is 14.7 Å². The van der Waals surface area contributed by atoms with Gasteiger partial charge in [0.05, 0.1) is 6.10 Å². The Labute approximate surface area is 182 Å². The third kappa shape index (κ3) is 3.45. The lowest BCUT2D eigenvalue weighted by molar-refractivity contribution is -0.202. The number of fused-ring (bicyclic) bond motifs is 5. The Bertz CT molecular complexity index is 674. The summed E-state index contributed by atoms with van der Waals surface area (Å²) in [7, 11) is 0. The predicted molar refractivity (Wildman–Crippen MR) is 117 cm³/mol. The van der Waals surface area contributed by atoms with Crippen molar-refractivity contribution in [1.29, 1.82) is 0 Å². The molecule has 0 aromatic rings. The molecule has 1 unspecified atom stereocenters. The normalized spacial score (nSPS) is 47.7. The number of aliphatic hydroxyl groups excluding tert-OH is 1. The molecule has 4 saturated carbocycles. The van der Waals surface area contributed by atoms with Crippen LogP contribution in [0.2, 0.25) is 0 Å². The third-order valence-corrected chi connectivity index (χ3v) is 10.2. The molecule has 170 valence electrons. The number of Topliss-reactive ketones (excluding diaryl/α,β-unsaturated/α-hetero) is 1. The average molecular weight is 419 g/mol. The molecule has 4 heteroatoms. The zero-order chi connectivity index (χ0) is 21.7. The van der Waals surface area contributed by atoms with Crippen LogP contribution in [-0.2, 0) is 14.3 Å². The molecule has 4 rings (SSSR count). The molecule has 0 aliphatic heterocycles. The van der Waals surface area contributed by atoms with Gasteiger partial charge in [-0.15, -0.1) is 0 Å². The molecule has 0 saturated heterocycles. The highest BCUT2D eigenvalue weighted by molar-refractivity contribution is 5.79. The second kappa shape index (κ2) is 8.22. The van der Waals surface area contributed by atoms with E-state index in [4.69, 9.17) is 4.74 Å². The lowest BCUT2D eigenvalue weighted by Gasteiger charge is -2.62. The molecule has 30 heavy (non-hydrogen) atoms. The van der Waals surface area contributed by atoms with Gasteiger partial charge in [0.15, 0.2) is 0 Å². The summed E-state index contributed by atoms with van der Waals surface area (Å²) >= 11 is 0. The summed E-state index contributed by atoms with van der Waals surface area (Å²) in [6.45, 7) is 8.64. The van der Waals surface area contributed by atoms with Crippen LogP contribution >= 0.6 is 0 Å². The molecule has 9 atom stereocenters. The molecule has 4 aliphatic rings. The second-order valence-corrected chi connectivity index (χ2v) is 11.5. The van der Waals surface area contributed by atoms with E-state index < -0.39 is 0 Å². The topological polar surface area (TPSA) is 63.6 Å². The number of hydrogen-bond acceptors (Lipinski definition) is 4. The number of rotatable bonds is 5. The minimum atomic E-state index is -0.356. The van der Waals surface area contributed by atoms with Gasteiger partial charge in [0.25, 0.3) is 0 Å². The largest absolute Gasteiger partial charge is 0.462 e. The van der Waals surface area contributed by atoms with E-state index in [1.807, 2.05) is 0 Å². The Kier molecular flexibility index (Phi) is 6.11. The molecule has 0 spiro atoms. The fourth-order valence-corrected chi connectivity index (χ4v) is 8.65. The van der Waals surface area contributed by atoms with Crippen molar-refractivity contribution in [1.82, 2.24) is 0 Å². The van der Waals surface area contributed by atoms with Crippen molar-refractivity contribution < 1.29 is 19.4 Å². The highest BCUT2D eigenvalue weighted by Crippen LogP contribution is 2.67. The summed E-state index contributed by atoms with van der Waals surface area (Å²) in [5.41, 5.74) is 0.108. The summed E-state index contributed by atoms with van der Waals surface area (Å²) in [5.74, 6) is 2.73. The van der Waals surface area contributed by atoms with Crippen LogP contribution in [0.5, 0.6) is 0 Å². The van der Waals surface area contributed by atoms with Gasteiger partial charge in [-0.3, -0.25) is 9.59 Å². The van der Waals surface area contributed by atoms with Crippen molar-refractivity contribution in [3.05, 3.63) is 0 Å². The lowest BCUT2D eigenvalue weighted by Crippen LogP contribution is -2.60. The van der Waals surface area contributed by atoms with Crippen LogP contribution < -0.4 is 0 Å². The van der Waals surface area contributed by atoms with E-state index in [0.29, 0.717) is 42.3 Å². The molecule has 0 heterocycles. The molecule has 0 aromatic heterocycles. The highest BCUT2D eigenvalue weighted by Gasteiger charge is 2.63. The maximum absolute atomic E-state index is 12.6. The van der Waals surface area contributed by atoms with Gasteiger partial charge in [0.1, 0.15) is 11.9 Å². The third-order valence-electron chi connectivity index (χ3n) is 10.2.